The molecule has 0 aliphatic rings. The van der Waals surface area contributed by atoms with Crippen molar-refractivity contribution in [1.29, 1.82) is 0 Å². The second kappa shape index (κ2) is 6.27. The maximum atomic E-state index is 13.8. The molecule has 0 atom stereocenters. The van der Waals surface area contributed by atoms with E-state index in [0.29, 0.717) is 11.4 Å². The number of benzene rings is 2. The number of anilines is 4. The van der Waals surface area contributed by atoms with Crippen molar-refractivity contribution in [2.75, 3.05) is 10.6 Å². The molecule has 0 fully saturated rings. The van der Waals surface area contributed by atoms with Crippen molar-refractivity contribution < 1.29 is 13.9 Å². The van der Waals surface area contributed by atoms with Gasteiger partial charge in [-0.3, -0.25) is 0 Å². The van der Waals surface area contributed by atoms with Gasteiger partial charge in [-0.25, -0.2) is 13.8 Å². The van der Waals surface area contributed by atoms with E-state index in [0.717, 1.165) is 6.20 Å². The standard InChI is InChI=1S/C16H12F2N4O/c17-10-1-3-12(4-2-10)21-16-19-9-14(18)15(22-16)20-11-5-7-13(23)8-6-11/h1-9,23H,(H2,19,20,21,22). The minimum absolute atomic E-state index is 0.0182. The van der Waals surface area contributed by atoms with Crippen LogP contribution >= 0.6 is 0 Å². The lowest BCUT2D eigenvalue weighted by atomic mass is 10.3. The van der Waals surface area contributed by atoms with Crippen molar-refractivity contribution in [3.05, 3.63) is 66.4 Å². The molecule has 3 rings (SSSR count). The molecule has 0 bridgehead atoms. The van der Waals surface area contributed by atoms with Crippen LogP contribution in [0, 0.1) is 11.6 Å². The zero-order valence-corrected chi connectivity index (χ0v) is 11.8. The summed E-state index contributed by atoms with van der Waals surface area (Å²) >= 11 is 0. The number of phenols is 1. The molecule has 5 nitrogen and oxygen atoms in total. The Morgan fingerprint density at radius 3 is 2.13 bits per heavy atom. The van der Waals surface area contributed by atoms with Crippen LogP contribution in [0.15, 0.2) is 54.7 Å². The summed E-state index contributed by atoms with van der Waals surface area (Å²) in [5.74, 6) is -0.722. The second-order valence-corrected chi connectivity index (χ2v) is 4.69. The number of aromatic nitrogens is 2. The van der Waals surface area contributed by atoms with Gasteiger partial charge in [0.1, 0.15) is 11.6 Å². The summed E-state index contributed by atoms with van der Waals surface area (Å²) in [6, 6.07) is 11.7. The molecule has 2 aromatic carbocycles. The first-order valence-electron chi connectivity index (χ1n) is 6.71. The molecule has 0 aliphatic carbocycles. The molecule has 0 saturated carbocycles. The molecule has 0 spiro atoms. The van der Waals surface area contributed by atoms with E-state index in [4.69, 9.17) is 0 Å². The summed E-state index contributed by atoms with van der Waals surface area (Å²) in [5, 5.41) is 14.9. The number of hydrogen-bond acceptors (Lipinski definition) is 5. The van der Waals surface area contributed by atoms with E-state index >= 15 is 0 Å². The number of hydrogen-bond donors (Lipinski definition) is 3. The highest BCUT2D eigenvalue weighted by Gasteiger charge is 2.08. The van der Waals surface area contributed by atoms with Crippen molar-refractivity contribution in [3.63, 3.8) is 0 Å². The zero-order chi connectivity index (χ0) is 16.2. The van der Waals surface area contributed by atoms with Gasteiger partial charge in [-0.15, -0.1) is 0 Å². The number of nitrogens with one attached hydrogen (secondary N) is 2. The van der Waals surface area contributed by atoms with Gasteiger partial charge in [0.2, 0.25) is 5.95 Å². The molecule has 0 radical (unpaired) electrons. The highest BCUT2D eigenvalue weighted by atomic mass is 19.1. The van der Waals surface area contributed by atoms with Crippen molar-refractivity contribution in [1.82, 2.24) is 9.97 Å². The Bertz CT molecular complexity index is 807. The van der Waals surface area contributed by atoms with Crippen LogP contribution in [0.3, 0.4) is 0 Å². The maximum Gasteiger partial charge on any atom is 0.229 e. The minimum atomic E-state index is -0.622. The van der Waals surface area contributed by atoms with E-state index in [9.17, 15) is 13.9 Å². The topological polar surface area (TPSA) is 70.1 Å². The highest BCUT2D eigenvalue weighted by Crippen LogP contribution is 2.22. The van der Waals surface area contributed by atoms with Crippen molar-refractivity contribution >= 4 is 23.1 Å². The molecule has 1 heterocycles. The molecule has 3 aromatic rings. The summed E-state index contributed by atoms with van der Waals surface area (Å²) in [5.41, 5.74) is 1.14. The quantitative estimate of drug-likeness (QED) is 0.636. The Labute approximate surface area is 130 Å². The summed E-state index contributed by atoms with van der Waals surface area (Å²) in [7, 11) is 0. The largest absolute Gasteiger partial charge is 0.508 e. The highest BCUT2D eigenvalue weighted by molar-refractivity contribution is 5.60. The van der Waals surface area contributed by atoms with Gasteiger partial charge in [-0.2, -0.15) is 4.98 Å². The lowest BCUT2D eigenvalue weighted by Gasteiger charge is -2.09. The van der Waals surface area contributed by atoms with Gasteiger partial charge in [0.15, 0.2) is 11.6 Å². The Morgan fingerprint density at radius 1 is 0.826 bits per heavy atom. The number of nitrogens with zero attached hydrogens (tertiary/aromatic N) is 2. The average Bonchev–Trinajstić information content (AvgIpc) is 2.55. The molecule has 23 heavy (non-hydrogen) atoms. The van der Waals surface area contributed by atoms with Crippen LogP contribution in [0.25, 0.3) is 0 Å². The predicted molar refractivity (Wildman–Crippen MR) is 83.1 cm³/mol. The monoisotopic (exact) mass is 314 g/mol. The molecule has 0 amide bonds. The SMILES string of the molecule is Oc1ccc(Nc2nc(Nc3ccc(F)cc3)ncc2F)cc1. The zero-order valence-electron chi connectivity index (χ0n) is 11.8. The Kier molecular flexibility index (Phi) is 4.01. The van der Waals surface area contributed by atoms with E-state index in [-0.39, 0.29) is 23.3 Å². The summed E-state index contributed by atoms with van der Waals surface area (Å²) in [4.78, 5) is 7.88. The van der Waals surface area contributed by atoms with Gasteiger partial charge >= 0.3 is 0 Å². The first-order chi connectivity index (χ1) is 11.1. The van der Waals surface area contributed by atoms with Crippen LogP contribution < -0.4 is 10.6 Å². The molecule has 0 unspecified atom stereocenters. The van der Waals surface area contributed by atoms with Gasteiger partial charge in [0.25, 0.3) is 0 Å². The average molecular weight is 314 g/mol. The summed E-state index contributed by atoms with van der Waals surface area (Å²) < 4.78 is 26.7. The number of rotatable bonds is 4. The minimum Gasteiger partial charge on any atom is -0.508 e. The van der Waals surface area contributed by atoms with E-state index in [1.165, 1.54) is 36.4 Å². The Morgan fingerprint density at radius 2 is 1.43 bits per heavy atom. The maximum absolute atomic E-state index is 13.8. The molecule has 0 saturated heterocycles. The van der Waals surface area contributed by atoms with Gasteiger partial charge < -0.3 is 15.7 Å². The summed E-state index contributed by atoms with van der Waals surface area (Å²) in [6.45, 7) is 0. The lowest BCUT2D eigenvalue weighted by molar-refractivity contribution is 0.475. The van der Waals surface area contributed by atoms with Crippen LogP contribution in [-0.2, 0) is 0 Å². The molecule has 3 N–H and O–H groups in total. The first kappa shape index (κ1) is 14.7. The van der Waals surface area contributed by atoms with Gasteiger partial charge in [0, 0.05) is 11.4 Å². The molecular weight excluding hydrogens is 302 g/mol. The van der Waals surface area contributed by atoms with Crippen molar-refractivity contribution in [2.24, 2.45) is 0 Å². The van der Waals surface area contributed by atoms with Crippen LogP contribution in [0.2, 0.25) is 0 Å². The third kappa shape index (κ3) is 3.70. The van der Waals surface area contributed by atoms with E-state index in [1.807, 2.05) is 0 Å². The molecule has 116 valence electrons. The van der Waals surface area contributed by atoms with Crippen LogP contribution in [0.5, 0.6) is 5.75 Å². The van der Waals surface area contributed by atoms with Crippen LogP contribution in [0.1, 0.15) is 0 Å². The molecular formula is C16H12F2N4O. The molecule has 0 aliphatic heterocycles. The fourth-order valence-corrected chi connectivity index (χ4v) is 1.86. The van der Waals surface area contributed by atoms with Gasteiger partial charge in [-0.1, -0.05) is 0 Å². The Balaban J connectivity index is 1.81. The third-order valence-electron chi connectivity index (χ3n) is 2.97. The number of aromatic hydroxyl groups is 1. The fraction of sp³-hybridized carbons (Fsp3) is 0. The lowest BCUT2D eigenvalue weighted by Crippen LogP contribution is -2.03. The van der Waals surface area contributed by atoms with Gasteiger partial charge in [0.05, 0.1) is 6.20 Å². The summed E-state index contributed by atoms with van der Waals surface area (Å²) in [6.07, 6.45) is 1.03. The number of phenolic OH excluding ortho intramolecular Hbond substituents is 1. The molecule has 1 aromatic heterocycles. The van der Waals surface area contributed by atoms with Crippen molar-refractivity contribution in [3.8, 4) is 5.75 Å². The normalized spacial score (nSPS) is 10.3. The third-order valence-corrected chi connectivity index (χ3v) is 2.97. The molecule has 7 heteroatoms. The van der Waals surface area contributed by atoms with Crippen LogP contribution in [0.4, 0.5) is 31.9 Å². The fourth-order valence-electron chi connectivity index (χ4n) is 1.86. The predicted octanol–water partition coefficient (Wildman–Crippen LogP) is 3.95. The Hall–Kier alpha value is -3.22. The second-order valence-electron chi connectivity index (χ2n) is 4.69. The van der Waals surface area contributed by atoms with E-state index in [1.54, 1.807) is 12.1 Å². The van der Waals surface area contributed by atoms with Gasteiger partial charge in [-0.05, 0) is 48.5 Å². The van der Waals surface area contributed by atoms with E-state index in [2.05, 4.69) is 20.6 Å². The van der Waals surface area contributed by atoms with Crippen LogP contribution in [-0.4, -0.2) is 15.1 Å². The van der Waals surface area contributed by atoms with E-state index < -0.39 is 5.82 Å². The number of halogens is 2. The van der Waals surface area contributed by atoms with Crippen molar-refractivity contribution in [2.45, 2.75) is 0 Å². The first-order valence-corrected chi connectivity index (χ1v) is 6.71. The smallest absolute Gasteiger partial charge is 0.229 e.